The van der Waals surface area contributed by atoms with E-state index in [9.17, 15) is 0 Å². The van der Waals surface area contributed by atoms with Crippen LogP contribution in [0.5, 0.6) is 5.75 Å². The van der Waals surface area contributed by atoms with E-state index in [1.165, 1.54) is 21.9 Å². The zero-order chi connectivity index (χ0) is 16.1. The largest absolute Gasteiger partial charge is 0.489 e. The van der Waals surface area contributed by atoms with Crippen LogP contribution in [0.4, 0.5) is 0 Å². The Bertz CT molecular complexity index is 767. The summed E-state index contributed by atoms with van der Waals surface area (Å²) < 4.78 is 6.12. The molecule has 3 aromatic carbocycles. The van der Waals surface area contributed by atoms with Gasteiger partial charge in [-0.1, -0.05) is 67.6 Å². The normalized spacial score (nSPS) is 12.3. The van der Waals surface area contributed by atoms with Gasteiger partial charge in [-0.05, 0) is 35.2 Å². The maximum absolute atomic E-state index is 6.22. The van der Waals surface area contributed by atoms with Gasteiger partial charge in [0.2, 0.25) is 0 Å². The molecule has 0 heterocycles. The molecule has 118 valence electrons. The quantitative estimate of drug-likeness (QED) is 0.716. The number of hydrogen-bond acceptors (Lipinski definition) is 2. The van der Waals surface area contributed by atoms with Crippen LogP contribution in [0.1, 0.15) is 24.5 Å². The molecule has 0 saturated carbocycles. The maximum Gasteiger partial charge on any atom is 0.123 e. The fraction of sp³-hybridized carbons (Fsp3) is 0.238. The molecule has 0 bridgehead atoms. The maximum atomic E-state index is 6.22. The van der Waals surface area contributed by atoms with Crippen molar-refractivity contribution >= 4 is 10.8 Å². The number of ether oxygens (including phenoxy) is 1. The van der Waals surface area contributed by atoms with Crippen molar-refractivity contribution in [2.24, 2.45) is 5.73 Å². The first-order valence-electron chi connectivity index (χ1n) is 8.21. The monoisotopic (exact) mass is 305 g/mol. The second kappa shape index (κ2) is 7.30. The van der Waals surface area contributed by atoms with Gasteiger partial charge >= 0.3 is 0 Å². The number of benzene rings is 3. The third kappa shape index (κ3) is 3.72. The standard InChI is InChI=1S/C21H23NO/c1-2-18(22)14-20-19-11-7-6-10-17(19)12-13-21(20)23-15-16-8-4-3-5-9-16/h3-13,18H,2,14-15,22H2,1H3. The van der Waals surface area contributed by atoms with Crippen LogP contribution in [-0.4, -0.2) is 6.04 Å². The molecule has 0 aliphatic heterocycles. The van der Waals surface area contributed by atoms with E-state index in [1.807, 2.05) is 18.2 Å². The second-order valence-corrected chi connectivity index (χ2v) is 5.91. The molecule has 23 heavy (non-hydrogen) atoms. The van der Waals surface area contributed by atoms with Gasteiger partial charge in [0.05, 0.1) is 0 Å². The summed E-state index contributed by atoms with van der Waals surface area (Å²) in [4.78, 5) is 0. The molecule has 2 N–H and O–H groups in total. The second-order valence-electron chi connectivity index (χ2n) is 5.91. The minimum Gasteiger partial charge on any atom is -0.489 e. The molecule has 0 aliphatic rings. The summed E-state index contributed by atoms with van der Waals surface area (Å²) >= 11 is 0. The van der Waals surface area contributed by atoms with Crippen molar-refractivity contribution in [3.63, 3.8) is 0 Å². The van der Waals surface area contributed by atoms with Gasteiger partial charge in [-0.3, -0.25) is 0 Å². The number of nitrogens with two attached hydrogens (primary N) is 1. The molecule has 0 radical (unpaired) electrons. The molecule has 2 nitrogen and oxygen atoms in total. The molecular weight excluding hydrogens is 282 g/mol. The molecule has 0 saturated heterocycles. The van der Waals surface area contributed by atoms with Gasteiger partial charge < -0.3 is 10.5 Å². The zero-order valence-corrected chi connectivity index (χ0v) is 13.5. The van der Waals surface area contributed by atoms with Gasteiger partial charge in [-0.25, -0.2) is 0 Å². The first-order chi connectivity index (χ1) is 11.3. The first kappa shape index (κ1) is 15.6. The van der Waals surface area contributed by atoms with Crippen molar-refractivity contribution < 1.29 is 4.74 Å². The molecule has 0 spiro atoms. The van der Waals surface area contributed by atoms with E-state index in [4.69, 9.17) is 10.5 Å². The summed E-state index contributed by atoms with van der Waals surface area (Å²) in [6, 6.07) is 23.0. The molecule has 0 amide bonds. The fourth-order valence-electron chi connectivity index (χ4n) is 2.80. The van der Waals surface area contributed by atoms with Crippen LogP contribution in [0.25, 0.3) is 10.8 Å². The van der Waals surface area contributed by atoms with E-state index in [0.29, 0.717) is 6.61 Å². The van der Waals surface area contributed by atoms with Gasteiger partial charge in [0.1, 0.15) is 12.4 Å². The molecule has 1 unspecified atom stereocenters. The lowest BCUT2D eigenvalue weighted by Crippen LogP contribution is -2.22. The highest BCUT2D eigenvalue weighted by molar-refractivity contribution is 5.87. The summed E-state index contributed by atoms with van der Waals surface area (Å²) in [6.07, 6.45) is 1.79. The number of fused-ring (bicyclic) bond motifs is 1. The first-order valence-corrected chi connectivity index (χ1v) is 8.21. The predicted octanol–water partition coefficient (Wildman–Crippen LogP) is 4.70. The lowest BCUT2D eigenvalue weighted by atomic mass is 9.97. The predicted molar refractivity (Wildman–Crippen MR) is 96.7 cm³/mol. The van der Waals surface area contributed by atoms with Crippen molar-refractivity contribution in [1.29, 1.82) is 0 Å². The van der Waals surface area contributed by atoms with Crippen LogP contribution in [0.2, 0.25) is 0 Å². The Kier molecular flexibility index (Phi) is 4.94. The molecule has 0 aliphatic carbocycles. The Morgan fingerprint density at radius 3 is 2.43 bits per heavy atom. The summed E-state index contributed by atoms with van der Waals surface area (Å²) in [7, 11) is 0. The van der Waals surface area contributed by atoms with Gasteiger partial charge in [0.25, 0.3) is 0 Å². The summed E-state index contributed by atoms with van der Waals surface area (Å²) in [5.41, 5.74) is 8.61. The zero-order valence-electron chi connectivity index (χ0n) is 13.5. The van der Waals surface area contributed by atoms with Gasteiger partial charge in [0.15, 0.2) is 0 Å². The Morgan fingerprint density at radius 1 is 0.913 bits per heavy atom. The van der Waals surface area contributed by atoms with Crippen LogP contribution in [0.3, 0.4) is 0 Å². The van der Waals surface area contributed by atoms with Crippen LogP contribution in [0.15, 0.2) is 66.7 Å². The lowest BCUT2D eigenvalue weighted by molar-refractivity contribution is 0.303. The van der Waals surface area contributed by atoms with Gasteiger partial charge in [-0.15, -0.1) is 0 Å². The van der Waals surface area contributed by atoms with Crippen molar-refractivity contribution in [3.8, 4) is 5.75 Å². The van der Waals surface area contributed by atoms with E-state index < -0.39 is 0 Å². The highest BCUT2D eigenvalue weighted by Gasteiger charge is 2.12. The molecule has 2 heteroatoms. The van der Waals surface area contributed by atoms with Crippen LogP contribution in [-0.2, 0) is 13.0 Å². The van der Waals surface area contributed by atoms with Crippen molar-refractivity contribution in [2.75, 3.05) is 0 Å². The lowest BCUT2D eigenvalue weighted by Gasteiger charge is -2.17. The van der Waals surface area contributed by atoms with E-state index in [-0.39, 0.29) is 6.04 Å². The highest BCUT2D eigenvalue weighted by atomic mass is 16.5. The Labute approximate surface area is 137 Å². The third-order valence-corrected chi connectivity index (χ3v) is 4.23. The Balaban J connectivity index is 1.93. The van der Waals surface area contributed by atoms with E-state index in [1.54, 1.807) is 0 Å². The molecule has 3 rings (SSSR count). The molecular formula is C21H23NO. The Hall–Kier alpha value is -2.32. The summed E-state index contributed by atoms with van der Waals surface area (Å²) in [6.45, 7) is 2.70. The van der Waals surface area contributed by atoms with Crippen LogP contribution >= 0.6 is 0 Å². The number of hydrogen-bond donors (Lipinski definition) is 1. The average molecular weight is 305 g/mol. The SMILES string of the molecule is CCC(N)Cc1c(OCc2ccccc2)ccc2ccccc12. The highest BCUT2D eigenvalue weighted by Crippen LogP contribution is 2.30. The summed E-state index contributed by atoms with van der Waals surface area (Å²) in [5.74, 6) is 0.941. The fourth-order valence-corrected chi connectivity index (χ4v) is 2.80. The Morgan fingerprint density at radius 2 is 1.65 bits per heavy atom. The van der Waals surface area contributed by atoms with Crippen molar-refractivity contribution in [2.45, 2.75) is 32.4 Å². The molecule has 3 aromatic rings. The van der Waals surface area contributed by atoms with E-state index in [0.717, 1.165) is 18.6 Å². The van der Waals surface area contributed by atoms with Crippen LogP contribution in [0, 0.1) is 0 Å². The topological polar surface area (TPSA) is 35.2 Å². The third-order valence-electron chi connectivity index (χ3n) is 4.23. The molecule has 1 atom stereocenters. The minimum absolute atomic E-state index is 0.153. The molecule has 0 fully saturated rings. The number of rotatable bonds is 6. The smallest absolute Gasteiger partial charge is 0.123 e. The van der Waals surface area contributed by atoms with Gasteiger partial charge in [-0.2, -0.15) is 0 Å². The minimum atomic E-state index is 0.153. The van der Waals surface area contributed by atoms with Gasteiger partial charge in [0, 0.05) is 11.6 Å². The van der Waals surface area contributed by atoms with Crippen molar-refractivity contribution in [1.82, 2.24) is 0 Å². The van der Waals surface area contributed by atoms with E-state index >= 15 is 0 Å². The van der Waals surface area contributed by atoms with Crippen molar-refractivity contribution in [3.05, 3.63) is 77.9 Å². The van der Waals surface area contributed by atoms with E-state index in [2.05, 4.69) is 55.5 Å². The molecule has 0 aromatic heterocycles. The average Bonchev–Trinajstić information content (AvgIpc) is 2.61. The summed E-state index contributed by atoms with van der Waals surface area (Å²) in [5, 5.41) is 2.47. The van der Waals surface area contributed by atoms with Crippen LogP contribution < -0.4 is 10.5 Å².